The van der Waals surface area contributed by atoms with Crippen LogP contribution < -0.4 is 5.32 Å². The number of thioether (sulfide) groups is 1. The van der Waals surface area contributed by atoms with E-state index in [2.05, 4.69) is 15.3 Å². The van der Waals surface area contributed by atoms with E-state index in [9.17, 15) is 9.18 Å². The molecule has 1 atom stereocenters. The number of hydrogen-bond donors (Lipinski definition) is 2. The number of benzene rings is 2. The minimum Gasteiger partial charge on any atom is -0.349 e. The summed E-state index contributed by atoms with van der Waals surface area (Å²) in [6.45, 7) is 0. The van der Waals surface area contributed by atoms with Gasteiger partial charge in [-0.25, -0.2) is 9.37 Å². The van der Waals surface area contributed by atoms with Gasteiger partial charge in [0.2, 0.25) is 5.91 Å². The fourth-order valence-corrected chi connectivity index (χ4v) is 4.30. The van der Waals surface area contributed by atoms with E-state index in [4.69, 9.17) is 0 Å². The molecule has 1 amide bonds. The predicted molar refractivity (Wildman–Crippen MR) is 97.0 cm³/mol. The van der Waals surface area contributed by atoms with Crippen molar-refractivity contribution < 1.29 is 9.18 Å². The molecule has 1 aliphatic rings. The number of aryl methyl sites for hydroxylation is 1. The summed E-state index contributed by atoms with van der Waals surface area (Å²) in [5.74, 6) is 1.38. The van der Waals surface area contributed by atoms with E-state index in [0.29, 0.717) is 17.7 Å². The highest BCUT2D eigenvalue weighted by atomic mass is 32.2. The number of imidazole rings is 1. The van der Waals surface area contributed by atoms with Crippen LogP contribution in [0.15, 0.2) is 47.4 Å². The molecule has 25 heavy (non-hydrogen) atoms. The molecule has 2 aromatic carbocycles. The van der Waals surface area contributed by atoms with Gasteiger partial charge in [-0.15, -0.1) is 11.8 Å². The Morgan fingerprint density at radius 1 is 1.28 bits per heavy atom. The first kappa shape index (κ1) is 16.1. The molecule has 4 rings (SSSR count). The van der Waals surface area contributed by atoms with E-state index in [1.54, 1.807) is 6.07 Å². The Morgan fingerprint density at radius 2 is 2.16 bits per heavy atom. The summed E-state index contributed by atoms with van der Waals surface area (Å²) >= 11 is 1.52. The zero-order valence-electron chi connectivity index (χ0n) is 13.6. The second kappa shape index (κ2) is 6.88. The molecular weight excluding hydrogens is 337 g/mol. The maximum Gasteiger partial charge on any atom is 0.220 e. The summed E-state index contributed by atoms with van der Waals surface area (Å²) in [4.78, 5) is 20.7. The Morgan fingerprint density at radius 3 is 3.04 bits per heavy atom. The second-order valence-electron chi connectivity index (χ2n) is 6.12. The van der Waals surface area contributed by atoms with Gasteiger partial charge in [-0.05, 0) is 30.2 Å². The van der Waals surface area contributed by atoms with Gasteiger partial charge in [-0.2, -0.15) is 0 Å². The van der Waals surface area contributed by atoms with Crippen LogP contribution in [0.5, 0.6) is 0 Å². The van der Waals surface area contributed by atoms with Crippen LogP contribution in [0.2, 0.25) is 0 Å². The van der Waals surface area contributed by atoms with Gasteiger partial charge in [0.1, 0.15) is 11.6 Å². The number of halogens is 1. The zero-order valence-corrected chi connectivity index (χ0v) is 14.4. The van der Waals surface area contributed by atoms with Crippen LogP contribution in [-0.4, -0.2) is 21.6 Å². The molecule has 0 bridgehead atoms. The van der Waals surface area contributed by atoms with Crippen LogP contribution in [0.1, 0.15) is 30.3 Å². The van der Waals surface area contributed by atoms with Gasteiger partial charge in [0.25, 0.3) is 0 Å². The van der Waals surface area contributed by atoms with E-state index in [1.807, 2.05) is 30.3 Å². The lowest BCUT2D eigenvalue weighted by Gasteiger charge is -2.26. The highest BCUT2D eigenvalue weighted by Gasteiger charge is 2.24. The molecule has 0 radical (unpaired) electrons. The maximum absolute atomic E-state index is 13.9. The number of aromatic nitrogens is 2. The fraction of sp³-hybridized carbons (Fsp3) is 0.263. The summed E-state index contributed by atoms with van der Waals surface area (Å²) in [6, 6.07) is 12.8. The first-order valence-electron chi connectivity index (χ1n) is 8.35. The third kappa shape index (κ3) is 3.39. The topological polar surface area (TPSA) is 57.8 Å². The lowest BCUT2D eigenvalue weighted by Crippen LogP contribution is -2.31. The van der Waals surface area contributed by atoms with Crippen molar-refractivity contribution in [3.63, 3.8) is 0 Å². The molecule has 3 aromatic rings. The van der Waals surface area contributed by atoms with Gasteiger partial charge in [0.05, 0.1) is 17.1 Å². The fourth-order valence-electron chi connectivity index (χ4n) is 3.16. The first-order chi connectivity index (χ1) is 12.2. The molecule has 1 aromatic heterocycles. The van der Waals surface area contributed by atoms with E-state index < -0.39 is 0 Å². The SMILES string of the molecule is O=C(CCc1nc2ccccc2[nH]1)N[C@@H]1CCSc2c(F)cccc21. The molecule has 0 saturated heterocycles. The first-order valence-corrected chi connectivity index (χ1v) is 9.33. The molecule has 0 saturated carbocycles. The minimum absolute atomic E-state index is 0.0347. The molecule has 2 heterocycles. The molecule has 0 aliphatic carbocycles. The Bertz CT molecular complexity index is 891. The number of nitrogens with one attached hydrogen (secondary N) is 2. The lowest BCUT2D eigenvalue weighted by molar-refractivity contribution is -0.121. The summed E-state index contributed by atoms with van der Waals surface area (Å²) < 4.78 is 13.9. The summed E-state index contributed by atoms with van der Waals surface area (Å²) in [6.07, 6.45) is 1.73. The van der Waals surface area contributed by atoms with Crippen LogP contribution in [0.4, 0.5) is 4.39 Å². The van der Waals surface area contributed by atoms with E-state index in [1.165, 1.54) is 17.8 Å². The van der Waals surface area contributed by atoms with Crippen LogP contribution in [-0.2, 0) is 11.2 Å². The Hall–Kier alpha value is -2.34. The molecule has 4 nitrogen and oxygen atoms in total. The minimum atomic E-state index is -0.205. The number of para-hydroxylation sites is 2. The summed E-state index contributed by atoms with van der Waals surface area (Å²) in [5, 5.41) is 3.05. The van der Waals surface area contributed by atoms with Crippen LogP contribution in [0.3, 0.4) is 0 Å². The van der Waals surface area contributed by atoms with Crippen LogP contribution in [0, 0.1) is 5.82 Å². The smallest absolute Gasteiger partial charge is 0.220 e. The standard InChI is InChI=1S/C19H18FN3OS/c20-13-5-3-4-12-14(10-11-25-19(12)13)23-18(24)9-8-17-21-15-6-1-2-7-16(15)22-17/h1-7,14H,8-11H2,(H,21,22)(H,23,24)/t14-/m1/s1. The van der Waals surface area contributed by atoms with Crippen molar-refractivity contribution in [3.8, 4) is 0 Å². The molecular formula is C19H18FN3OS. The van der Waals surface area contributed by atoms with Crippen molar-refractivity contribution in [3.05, 3.63) is 59.7 Å². The van der Waals surface area contributed by atoms with Crippen LogP contribution in [0.25, 0.3) is 11.0 Å². The Balaban J connectivity index is 1.40. The maximum atomic E-state index is 13.9. The van der Waals surface area contributed by atoms with Crippen molar-refractivity contribution in [2.75, 3.05) is 5.75 Å². The number of fused-ring (bicyclic) bond motifs is 2. The zero-order chi connectivity index (χ0) is 17.2. The molecule has 128 valence electrons. The molecule has 0 unspecified atom stereocenters. The quantitative estimate of drug-likeness (QED) is 0.744. The average Bonchev–Trinajstić information content (AvgIpc) is 3.04. The van der Waals surface area contributed by atoms with Crippen LogP contribution >= 0.6 is 11.8 Å². The van der Waals surface area contributed by atoms with Crippen molar-refractivity contribution >= 4 is 28.7 Å². The number of hydrogen-bond acceptors (Lipinski definition) is 3. The van der Waals surface area contributed by atoms with Crippen molar-refractivity contribution in [1.29, 1.82) is 0 Å². The predicted octanol–water partition coefficient (Wildman–Crippen LogP) is 3.99. The average molecular weight is 355 g/mol. The third-order valence-electron chi connectivity index (χ3n) is 4.39. The number of amides is 1. The van der Waals surface area contributed by atoms with Gasteiger partial charge in [-0.1, -0.05) is 24.3 Å². The number of rotatable bonds is 4. The summed E-state index contributed by atoms with van der Waals surface area (Å²) in [7, 11) is 0. The third-order valence-corrected chi connectivity index (χ3v) is 5.55. The largest absolute Gasteiger partial charge is 0.349 e. The lowest BCUT2D eigenvalue weighted by atomic mass is 10.0. The van der Waals surface area contributed by atoms with Crippen molar-refractivity contribution in [2.24, 2.45) is 0 Å². The molecule has 6 heteroatoms. The molecule has 0 fully saturated rings. The molecule has 0 spiro atoms. The molecule has 2 N–H and O–H groups in total. The Kier molecular flexibility index (Phi) is 4.44. The van der Waals surface area contributed by atoms with Gasteiger partial charge in [-0.3, -0.25) is 4.79 Å². The monoisotopic (exact) mass is 355 g/mol. The van der Waals surface area contributed by atoms with Crippen molar-refractivity contribution in [1.82, 2.24) is 15.3 Å². The highest BCUT2D eigenvalue weighted by Crippen LogP contribution is 2.37. The normalized spacial score (nSPS) is 16.6. The van der Waals surface area contributed by atoms with Gasteiger partial charge < -0.3 is 10.3 Å². The number of aromatic amines is 1. The van der Waals surface area contributed by atoms with Gasteiger partial charge >= 0.3 is 0 Å². The summed E-state index contributed by atoms with van der Waals surface area (Å²) in [5.41, 5.74) is 2.77. The van der Waals surface area contributed by atoms with E-state index in [0.717, 1.165) is 34.6 Å². The van der Waals surface area contributed by atoms with Gasteiger partial charge in [0.15, 0.2) is 0 Å². The van der Waals surface area contributed by atoms with Gasteiger partial charge in [0, 0.05) is 23.5 Å². The van der Waals surface area contributed by atoms with Crippen molar-refractivity contribution in [2.45, 2.75) is 30.2 Å². The Labute approximate surface area is 149 Å². The highest BCUT2D eigenvalue weighted by molar-refractivity contribution is 7.99. The number of nitrogens with zero attached hydrogens (tertiary/aromatic N) is 1. The second-order valence-corrected chi connectivity index (χ2v) is 7.22. The molecule has 1 aliphatic heterocycles. The number of H-pyrrole nitrogens is 1. The number of carbonyl (C=O) groups is 1. The van der Waals surface area contributed by atoms with E-state index >= 15 is 0 Å². The van der Waals surface area contributed by atoms with E-state index in [-0.39, 0.29) is 17.8 Å². The number of carbonyl (C=O) groups excluding carboxylic acids is 1.